The van der Waals surface area contributed by atoms with Gasteiger partial charge in [-0.05, 0) is 28.1 Å². The molecule has 82 valence electrons. The standard InChI is InChI=1S/C10H13BrN2OS/c1-2-5-13-10(14)7-12-6-8-3-4-9(11)15-8/h2-4,12H,1,5-7H2,(H,13,14). The Morgan fingerprint density at radius 1 is 1.60 bits per heavy atom. The van der Waals surface area contributed by atoms with Crippen molar-refractivity contribution >= 4 is 33.2 Å². The zero-order valence-electron chi connectivity index (χ0n) is 8.25. The van der Waals surface area contributed by atoms with Crippen LogP contribution in [-0.4, -0.2) is 19.0 Å². The molecule has 1 aromatic rings. The number of carbonyl (C=O) groups excluding carboxylic acids is 1. The molecule has 0 aliphatic carbocycles. The quantitative estimate of drug-likeness (QED) is 0.785. The fraction of sp³-hybridized carbons (Fsp3) is 0.300. The summed E-state index contributed by atoms with van der Waals surface area (Å²) >= 11 is 5.05. The molecule has 5 heteroatoms. The third-order valence-corrected chi connectivity index (χ3v) is 3.28. The zero-order chi connectivity index (χ0) is 11.1. The van der Waals surface area contributed by atoms with Gasteiger partial charge in [0.25, 0.3) is 0 Å². The van der Waals surface area contributed by atoms with Gasteiger partial charge < -0.3 is 10.6 Å². The topological polar surface area (TPSA) is 41.1 Å². The lowest BCUT2D eigenvalue weighted by Crippen LogP contribution is -2.33. The van der Waals surface area contributed by atoms with E-state index in [4.69, 9.17) is 0 Å². The van der Waals surface area contributed by atoms with Crippen molar-refractivity contribution in [2.45, 2.75) is 6.54 Å². The van der Waals surface area contributed by atoms with Crippen LogP contribution in [0.15, 0.2) is 28.6 Å². The van der Waals surface area contributed by atoms with E-state index in [-0.39, 0.29) is 5.91 Å². The van der Waals surface area contributed by atoms with Crippen LogP contribution in [-0.2, 0) is 11.3 Å². The van der Waals surface area contributed by atoms with Crippen molar-refractivity contribution in [3.63, 3.8) is 0 Å². The summed E-state index contributed by atoms with van der Waals surface area (Å²) in [5, 5.41) is 5.77. The van der Waals surface area contributed by atoms with Gasteiger partial charge in [0.05, 0.1) is 10.3 Å². The molecule has 2 N–H and O–H groups in total. The van der Waals surface area contributed by atoms with Gasteiger partial charge in [-0.3, -0.25) is 4.79 Å². The second-order valence-electron chi connectivity index (χ2n) is 2.90. The van der Waals surface area contributed by atoms with Crippen LogP contribution in [0.5, 0.6) is 0 Å². The van der Waals surface area contributed by atoms with Gasteiger partial charge >= 0.3 is 0 Å². The van der Waals surface area contributed by atoms with Crippen LogP contribution >= 0.6 is 27.3 Å². The minimum atomic E-state index is -0.00878. The van der Waals surface area contributed by atoms with Crippen molar-refractivity contribution in [3.05, 3.63) is 33.5 Å². The molecule has 0 spiro atoms. The van der Waals surface area contributed by atoms with Crippen LogP contribution in [0.4, 0.5) is 0 Å². The Morgan fingerprint density at radius 2 is 2.40 bits per heavy atom. The molecule has 0 atom stereocenters. The number of halogens is 1. The van der Waals surface area contributed by atoms with Crippen molar-refractivity contribution in [2.24, 2.45) is 0 Å². The highest BCUT2D eigenvalue weighted by Crippen LogP contribution is 2.21. The summed E-state index contributed by atoms with van der Waals surface area (Å²) in [5.74, 6) is -0.00878. The van der Waals surface area contributed by atoms with Crippen LogP contribution in [0.1, 0.15) is 4.88 Å². The summed E-state index contributed by atoms with van der Waals surface area (Å²) in [6.07, 6.45) is 1.66. The predicted molar refractivity (Wildman–Crippen MR) is 66.9 cm³/mol. The van der Waals surface area contributed by atoms with Crippen LogP contribution in [0.25, 0.3) is 0 Å². The Kier molecular flexibility index (Phi) is 5.60. The molecule has 1 amide bonds. The molecule has 0 saturated heterocycles. The average Bonchev–Trinajstić information content (AvgIpc) is 2.61. The Morgan fingerprint density at radius 3 is 3.00 bits per heavy atom. The van der Waals surface area contributed by atoms with E-state index in [1.165, 1.54) is 4.88 Å². The van der Waals surface area contributed by atoms with Crippen molar-refractivity contribution in [1.29, 1.82) is 0 Å². The highest BCUT2D eigenvalue weighted by molar-refractivity contribution is 9.11. The molecule has 0 saturated carbocycles. The second kappa shape index (κ2) is 6.76. The predicted octanol–water partition coefficient (Wildman–Crippen LogP) is 1.90. The van der Waals surface area contributed by atoms with Crippen molar-refractivity contribution < 1.29 is 4.79 Å². The molecule has 3 nitrogen and oxygen atoms in total. The van der Waals surface area contributed by atoms with E-state index in [1.807, 2.05) is 12.1 Å². The number of carbonyl (C=O) groups is 1. The summed E-state index contributed by atoms with van der Waals surface area (Å²) in [6.45, 7) is 5.10. The molecule has 1 heterocycles. The van der Waals surface area contributed by atoms with E-state index in [0.29, 0.717) is 13.1 Å². The monoisotopic (exact) mass is 288 g/mol. The van der Waals surface area contributed by atoms with Crippen molar-refractivity contribution in [2.75, 3.05) is 13.1 Å². The summed E-state index contributed by atoms with van der Waals surface area (Å²) in [5.41, 5.74) is 0. The number of amides is 1. The molecule has 0 aliphatic rings. The fourth-order valence-corrected chi connectivity index (χ4v) is 2.45. The maximum Gasteiger partial charge on any atom is 0.234 e. The molecule has 0 aliphatic heterocycles. The molecule has 0 aromatic carbocycles. The summed E-state index contributed by atoms with van der Waals surface area (Å²) < 4.78 is 1.11. The highest BCUT2D eigenvalue weighted by Gasteiger charge is 2.00. The molecule has 1 rings (SSSR count). The maximum atomic E-state index is 11.2. The lowest BCUT2D eigenvalue weighted by molar-refractivity contribution is -0.120. The third kappa shape index (κ3) is 5.11. The van der Waals surface area contributed by atoms with Crippen molar-refractivity contribution in [1.82, 2.24) is 10.6 Å². The number of rotatable bonds is 6. The van der Waals surface area contributed by atoms with E-state index >= 15 is 0 Å². The zero-order valence-corrected chi connectivity index (χ0v) is 10.7. The number of hydrogen-bond acceptors (Lipinski definition) is 3. The van der Waals surface area contributed by atoms with Crippen molar-refractivity contribution in [3.8, 4) is 0 Å². The van der Waals surface area contributed by atoms with Crippen LogP contribution in [0.3, 0.4) is 0 Å². The largest absolute Gasteiger partial charge is 0.352 e. The van der Waals surface area contributed by atoms with Crippen LogP contribution < -0.4 is 10.6 Å². The minimum absolute atomic E-state index is 0.00878. The summed E-state index contributed by atoms with van der Waals surface area (Å²) in [4.78, 5) is 12.4. The highest BCUT2D eigenvalue weighted by atomic mass is 79.9. The molecule has 0 fully saturated rings. The molecule has 15 heavy (non-hydrogen) atoms. The Hall–Kier alpha value is -0.650. The normalized spacial score (nSPS) is 9.93. The van der Waals surface area contributed by atoms with E-state index in [2.05, 4.69) is 33.1 Å². The number of hydrogen-bond donors (Lipinski definition) is 2. The molecule has 0 radical (unpaired) electrons. The Bertz CT molecular complexity index is 338. The van der Waals surface area contributed by atoms with Gasteiger partial charge in [0, 0.05) is 18.0 Å². The first kappa shape index (κ1) is 12.4. The first-order valence-corrected chi connectivity index (χ1v) is 6.16. The van der Waals surface area contributed by atoms with Gasteiger partial charge in [-0.15, -0.1) is 17.9 Å². The molecule has 0 unspecified atom stereocenters. The lowest BCUT2D eigenvalue weighted by atomic mass is 10.4. The summed E-state index contributed by atoms with van der Waals surface area (Å²) in [7, 11) is 0. The average molecular weight is 289 g/mol. The van der Waals surface area contributed by atoms with Gasteiger partial charge in [0.1, 0.15) is 0 Å². The number of nitrogens with one attached hydrogen (secondary N) is 2. The second-order valence-corrected chi connectivity index (χ2v) is 5.45. The molecule has 0 bridgehead atoms. The summed E-state index contributed by atoms with van der Waals surface area (Å²) in [6, 6.07) is 4.03. The first-order valence-electron chi connectivity index (χ1n) is 4.55. The van der Waals surface area contributed by atoms with E-state index in [1.54, 1.807) is 17.4 Å². The van der Waals surface area contributed by atoms with Gasteiger partial charge in [0.15, 0.2) is 0 Å². The molecular weight excluding hydrogens is 276 g/mol. The van der Waals surface area contributed by atoms with Gasteiger partial charge in [-0.2, -0.15) is 0 Å². The van der Waals surface area contributed by atoms with Gasteiger partial charge in [-0.1, -0.05) is 6.08 Å². The van der Waals surface area contributed by atoms with Gasteiger partial charge in [-0.25, -0.2) is 0 Å². The first-order chi connectivity index (χ1) is 7.22. The van der Waals surface area contributed by atoms with Crippen LogP contribution in [0.2, 0.25) is 0 Å². The lowest BCUT2D eigenvalue weighted by Gasteiger charge is -2.03. The van der Waals surface area contributed by atoms with E-state index < -0.39 is 0 Å². The maximum absolute atomic E-state index is 11.2. The number of thiophene rings is 1. The molecular formula is C10H13BrN2OS. The van der Waals surface area contributed by atoms with Gasteiger partial charge in [0.2, 0.25) is 5.91 Å². The minimum Gasteiger partial charge on any atom is -0.352 e. The van der Waals surface area contributed by atoms with E-state index in [9.17, 15) is 4.79 Å². The Labute approximate surface area is 102 Å². The SMILES string of the molecule is C=CCNC(=O)CNCc1ccc(Br)s1. The van der Waals surface area contributed by atoms with E-state index in [0.717, 1.165) is 10.3 Å². The smallest absolute Gasteiger partial charge is 0.234 e. The van der Waals surface area contributed by atoms with Crippen LogP contribution in [0, 0.1) is 0 Å². The fourth-order valence-electron chi connectivity index (χ4n) is 0.994. The molecule has 1 aromatic heterocycles. The Balaban J connectivity index is 2.16. The third-order valence-electron chi connectivity index (χ3n) is 1.66.